The monoisotopic (exact) mass is 201 g/mol. The Balaban J connectivity index is 2.29. The maximum atomic E-state index is 9.67. The molecule has 0 aromatic rings. The molecular formula is C11H23NO2. The van der Waals surface area contributed by atoms with Crippen molar-refractivity contribution in [3.63, 3.8) is 0 Å². The Bertz CT molecular complexity index is 146. The van der Waals surface area contributed by atoms with Crippen LogP contribution in [0.5, 0.6) is 0 Å². The zero-order chi connectivity index (χ0) is 10.4. The van der Waals surface area contributed by atoms with Crippen LogP contribution in [0.4, 0.5) is 0 Å². The van der Waals surface area contributed by atoms with Gasteiger partial charge in [0, 0.05) is 19.2 Å². The second-order valence-electron chi connectivity index (χ2n) is 4.21. The van der Waals surface area contributed by atoms with Crippen LogP contribution in [0.1, 0.15) is 39.0 Å². The molecule has 0 bridgehead atoms. The quantitative estimate of drug-likeness (QED) is 0.680. The van der Waals surface area contributed by atoms with E-state index in [9.17, 15) is 5.11 Å². The summed E-state index contributed by atoms with van der Waals surface area (Å²) in [5, 5.41) is 13.2. The lowest BCUT2D eigenvalue weighted by atomic mass is 10.1. The minimum Gasteiger partial charge on any atom is -0.392 e. The molecule has 3 heteroatoms. The molecule has 2 N–H and O–H groups in total. The van der Waals surface area contributed by atoms with Gasteiger partial charge in [-0.1, -0.05) is 13.3 Å². The average molecular weight is 201 g/mol. The van der Waals surface area contributed by atoms with Gasteiger partial charge in [0.05, 0.1) is 12.7 Å². The third-order valence-electron chi connectivity index (χ3n) is 2.93. The molecule has 0 aromatic carbocycles. The summed E-state index contributed by atoms with van der Waals surface area (Å²) in [5.41, 5.74) is 0. The summed E-state index contributed by atoms with van der Waals surface area (Å²) in [6.45, 7) is 2.92. The molecule has 1 aliphatic carbocycles. The van der Waals surface area contributed by atoms with Gasteiger partial charge in [-0.05, 0) is 25.7 Å². The van der Waals surface area contributed by atoms with E-state index in [-0.39, 0.29) is 6.10 Å². The SMILES string of the molecule is CCCC(COC)N[C@@H]1CCC[C@H]1O. The molecule has 1 unspecified atom stereocenters. The summed E-state index contributed by atoms with van der Waals surface area (Å²) >= 11 is 0. The number of aliphatic hydroxyl groups excluding tert-OH is 1. The molecule has 0 heterocycles. The van der Waals surface area contributed by atoms with Gasteiger partial charge in [0.25, 0.3) is 0 Å². The number of hydrogen-bond donors (Lipinski definition) is 2. The molecular weight excluding hydrogens is 178 g/mol. The second-order valence-corrected chi connectivity index (χ2v) is 4.21. The largest absolute Gasteiger partial charge is 0.392 e. The number of ether oxygens (including phenoxy) is 1. The highest BCUT2D eigenvalue weighted by molar-refractivity contribution is 4.85. The molecule has 3 atom stereocenters. The highest BCUT2D eigenvalue weighted by Gasteiger charge is 2.26. The molecule has 14 heavy (non-hydrogen) atoms. The van der Waals surface area contributed by atoms with Crippen molar-refractivity contribution in [1.29, 1.82) is 0 Å². The van der Waals surface area contributed by atoms with Crippen LogP contribution in [0.3, 0.4) is 0 Å². The first kappa shape index (κ1) is 12.0. The van der Waals surface area contributed by atoms with Crippen molar-refractivity contribution in [1.82, 2.24) is 5.32 Å². The van der Waals surface area contributed by atoms with Gasteiger partial charge in [0.15, 0.2) is 0 Å². The van der Waals surface area contributed by atoms with E-state index in [1.807, 2.05) is 0 Å². The van der Waals surface area contributed by atoms with Gasteiger partial charge >= 0.3 is 0 Å². The minimum atomic E-state index is -0.147. The summed E-state index contributed by atoms with van der Waals surface area (Å²) in [6.07, 6.45) is 5.33. The van der Waals surface area contributed by atoms with Crippen LogP contribution in [0.25, 0.3) is 0 Å². The number of rotatable bonds is 6. The highest BCUT2D eigenvalue weighted by Crippen LogP contribution is 2.19. The molecule has 0 spiro atoms. The van der Waals surface area contributed by atoms with Crippen molar-refractivity contribution in [2.45, 2.75) is 57.2 Å². The molecule has 0 saturated heterocycles. The minimum absolute atomic E-state index is 0.147. The van der Waals surface area contributed by atoms with Crippen molar-refractivity contribution in [3.05, 3.63) is 0 Å². The summed E-state index contributed by atoms with van der Waals surface area (Å²) in [7, 11) is 1.73. The standard InChI is InChI=1S/C11H23NO2/c1-3-5-9(8-14-2)12-10-6-4-7-11(10)13/h9-13H,3-8H2,1-2H3/t9?,10-,11-/m1/s1. The van der Waals surface area contributed by atoms with Gasteiger partial charge in [0.2, 0.25) is 0 Å². The molecule has 0 aliphatic heterocycles. The molecule has 3 nitrogen and oxygen atoms in total. The van der Waals surface area contributed by atoms with E-state index in [2.05, 4.69) is 12.2 Å². The third-order valence-corrected chi connectivity index (χ3v) is 2.93. The van der Waals surface area contributed by atoms with Gasteiger partial charge in [-0.3, -0.25) is 0 Å². The first-order valence-electron chi connectivity index (χ1n) is 5.71. The lowest BCUT2D eigenvalue weighted by Crippen LogP contribution is -2.44. The van der Waals surface area contributed by atoms with Crippen molar-refractivity contribution < 1.29 is 9.84 Å². The Morgan fingerprint density at radius 1 is 1.50 bits per heavy atom. The Morgan fingerprint density at radius 2 is 2.29 bits per heavy atom. The highest BCUT2D eigenvalue weighted by atomic mass is 16.5. The summed E-state index contributed by atoms with van der Waals surface area (Å²) in [5.74, 6) is 0. The zero-order valence-corrected chi connectivity index (χ0v) is 9.33. The van der Waals surface area contributed by atoms with Crippen LogP contribution in [0.15, 0.2) is 0 Å². The lowest BCUT2D eigenvalue weighted by Gasteiger charge is -2.24. The van der Waals surface area contributed by atoms with E-state index in [4.69, 9.17) is 4.74 Å². The smallest absolute Gasteiger partial charge is 0.0693 e. The fraction of sp³-hybridized carbons (Fsp3) is 1.00. The van der Waals surface area contributed by atoms with Gasteiger partial charge < -0.3 is 15.2 Å². The first-order valence-corrected chi connectivity index (χ1v) is 5.71. The maximum absolute atomic E-state index is 9.67. The Kier molecular flexibility index (Phi) is 5.45. The van der Waals surface area contributed by atoms with Crippen LogP contribution < -0.4 is 5.32 Å². The van der Waals surface area contributed by atoms with E-state index in [0.29, 0.717) is 12.1 Å². The van der Waals surface area contributed by atoms with Crippen LogP contribution in [-0.2, 0) is 4.74 Å². The number of nitrogens with one attached hydrogen (secondary N) is 1. The topological polar surface area (TPSA) is 41.5 Å². The number of aliphatic hydroxyl groups is 1. The Labute approximate surface area is 86.8 Å². The Morgan fingerprint density at radius 3 is 2.79 bits per heavy atom. The molecule has 1 aliphatic rings. The molecule has 84 valence electrons. The van der Waals surface area contributed by atoms with Crippen LogP contribution in [0, 0.1) is 0 Å². The summed E-state index contributed by atoms with van der Waals surface area (Å²) in [6, 6.07) is 0.699. The number of hydrogen-bond acceptors (Lipinski definition) is 3. The van der Waals surface area contributed by atoms with E-state index < -0.39 is 0 Å². The van der Waals surface area contributed by atoms with Crippen LogP contribution >= 0.6 is 0 Å². The maximum Gasteiger partial charge on any atom is 0.0693 e. The van der Waals surface area contributed by atoms with Crippen molar-refractivity contribution in [2.75, 3.05) is 13.7 Å². The van der Waals surface area contributed by atoms with Gasteiger partial charge in [0.1, 0.15) is 0 Å². The fourth-order valence-corrected chi connectivity index (χ4v) is 2.20. The predicted molar refractivity (Wildman–Crippen MR) is 57.4 cm³/mol. The number of methoxy groups -OCH3 is 1. The van der Waals surface area contributed by atoms with E-state index in [1.54, 1.807) is 7.11 Å². The summed E-state index contributed by atoms with van der Waals surface area (Å²) in [4.78, 5) is 0. The molecule has 0 aromatic heterocycles. The second kappa shape index (κ2) is 6.38. The summed E-state index contributed by atoms with van der Waals surface area (Å²) < 4.78 is 5.16. The van der Waals surface area contributed by atoms with Crippen molar-refractivity contribution in [3.8, 4) is 0 Å². The normalized spacial score (nSPS) is 29.4. The first-order chi connectivity index (χ1) is 6.77. The van der Waals surface area contributed by atoms with Gasteiger partial charge in [-0.2, -0.15) is 0 Å². The van der Waals surface area contributed by atoms with E-state index in [1.165, 1.54) is 0 Å². The molecule has 0 amide bonds. The predicted octanol–water partition coefficient (Wildman–Crippen LogP) is 1.30. The molecule has 1 rings (SSSR count). The molecule has 1 saturated carbocycles. The molecule has 1 fully saturated rings. The third kappa shape index (κ3) is 3.56. The zero-order valence-electron chi connectivity index (χ0n) is 9.33. The lowest BCUT2D eigenvalue weighted by molar-refractivity contribution is 0.115. The van der Waals surface area contributed by atoms with E-state index >= 15 is 0 Å². The van der Waals surface area contributed by atoms with Gasteiger partial charge in [-0.25, -0.2) is 0 Å². The van der Waals surface area contributed by atoms with Crippen LogP contribution in [0.2, 0.25) is 0 Å². The molecule has 0 radical (unpaired) electrons. The van der Waals surface area contributed by atoms with E-state index in [0.717, 1.165) is 38.7 Å². The average Bonchev–Trinajstić information content (AvgIpc) is 2.53. The van der Waals surface area contributed by atoms with Crippen molar-refractivity contribution >= 4 is 0 Å². The fourth-order valence-electron chi connectivity index (χ4n) is 2.20. The van der Waals surface area contributed by atoms with Crippen LogP contribution in [-0.4, -0.2) is 37.0 Å². The Hall–Kier alpha value is -0.120. The van der Waals surface area contributed by atoms with Crippen molar-refractivity contribution in [2.24, 2.45) is 0 Å². The van der Waals surface area contributed by atoms with Gasteiger partial charge in [-0.15, -0.1) is 0 Å².